The SMILES string of the molecule is CCCNC(=O)c1cccc(C(=O)NCC(O)C2CCCC2)c1. The Morgan fingerprint density at radius 1 is 1.17 bits per heavy atom. The van der Waals surface area contributed by atoms with Gasteiger partial charge in [-0.1, -0.05) is 25.8 Å². The average molecular weight is 318 g/mol. The second-order valence-corrected chi connectivity index (χ2v) is 6.16. The van der Waals surface area contributed by atoms with Crippen molar-refractivity contribution < 1.29 is 14.7 Å². The minimum Gasteiger partial charge on any atom is -0.391 e. The lowest BCUT2D eigenvalue weighted by Crippen LogP contribution is -2.35. The number of hydrogen-bond acceptors (Lipinski definition) is 3. The summed E-state index contributed by atoms with van der Waals surface area (Å²) in [4.78, 5) is 24.1. The Morgan fingerprint density at radius 2 is 1.78 bits per heavy atom. The van der Waals surface area contributed by atoms with E-state index in [1.807, 2.05) is 6.92 Å². The van der Waals surface area contributed by atoms with E-state index >= 15 is 0 Å². The van der Waals surface area contributed by atoms with E-state index in [1.165, 1.54) is 0 Å². The molecule has 23 heavy (non-hydrogen) atoms. The van der Waals surface area contributed by atoms with E-state index in [1.54, 1.807) is 24.3 Å². The van der Waals surface area contributed by atoms with Crippen molar-refractivity contribution in [3.05, 3.63) is 35.4 Å². The van der Waals surface area contributed by atoms with Crippen LogP contribution in [0.1, 0.15) is 59.7 Å². The largest absolute Gasteiger partial charge is 0.391 e. The van der Waals surface area contributed by atoms with Crippen molar-refractivity contribution in [2.75, 3.05) is 13.1 Å². The van der Waals surface area contributed by atoms with Crippen molar-refractivity contribution in [1.29, 1.82) is 0 Å². The number of benzene rings is 1. The maximum Gasteiger partial charge on any atom is 0.251 e. The van der Waals surface area contributed by atoms with Gasteiger partial charge in [0.25, 0.3) is 11.8 Å². The number of carbonyl (C=O) groups is 2. The Bertz CT molecular complexity index is 539. The minimum absolute atomic E-state index is 0.174. The van der Waals surface area contributed by atoms with Crippen LogP contribution in [-0.2, 0) is 0 Å². The summed E-state index contributed by atoms with van der Waals surface area (Å²) in [5.74, 6) is -0.138. The highest BCUT2D eigenvalue weighted by atomic mass is 16.3. The summed E-state index contributed by atoms with van der Waals surface area (Å²) in [5.41, 5.74) is 0.912. The molecular formula is C18H26N2O3. The third-order valence-corrected chi connectivity index (χ3v) is 4.34. The summed E-state index contributed by atoms with van der Waals surface area (Å²) in [7, 11) is 0. The first-order valence-electron chi connectivity index (χ1n) is 8.46. The van der Waals surface area contributed by atoms with Gasteiger partial charge in [0.05, 0.1) is 6.10 Å². The van der Waals surface area contributed by atoms with Gasteiger partial charge in [0.2, 0.25) is 0 Å². The normalized spacial score (nSPS) is 16.1. The molecular weight excluding hydrogens is 292 g/mol. The Morgan fingerprint density at radius 3 is 2.39 bits per heavy atom. The molecule has 1 saturated carbocycles. The standard InChI is InChI=1S/C18H26N2O3/c1-2-10-19-17(22)14-8-5-9-15(11-14)18(23)20-12-16(21)13-6-3-4-7-13/h5,8-9,11,13,16,21H,2-4,6-7,10,12H2,1H3,(H,19,22)(H,20,23). The van der Waals surface area contributed by atoms with Crippen molar-refractivity contribution in [3.8, 4) is 0 Å². The lowest BCUT2D eigenvalue weighted by atomic mass is 10.0. The van der Waals surface area contributed by atoms with Crippen LogP contribution in [0.2, 0.25) is 0 Å². The van der Waals surface area contributed by atoms with Crippen LogP contribution in [0, 0.1) is 5.92 Å². The van der Waals surface area contributed by atoms with Crippen molar-refractivity contribution in [2.45, 2.75) is 45.1 Å². The van der Waals surface area contributed by atoms with Crippen molar-refractivity contribution in [1.82, 2.24) is 10.6 Å². The number of rotatable bonds is 7. The molecule has 2 rings (SSSR count). The van der Waals surface area contributed by atoms with Crippen LogP contribution in [-0.4, -0.2) is 36.1 Å². The molecule has 3 N–H and O–H groups in total. The molecule has 1 atom stereocenters. The van der Waals surface area contributed by atoms with Crippen LogP contribution < -0.4 is 10.6 Å². The second kappa shape index (κ2) is 8.67. The monoisotopic (exact) mass is 318 g/mol. The highest BCUT2D eigenvalue weighted by molar-refractivity contribution is 5.99. The highest BCUT2D eigenvalue weighted by Crippen LogP contribution is 2.27. The number of nitrogens with one attached hydrogen (secondary N) is 2. The van der Waals surface area contributed by atoms with Gasteiger partial charge < -0.3 is 15.7 Å². The molecule has 126 valence electrons. The zero-order chi connectivity index (χ0) is 16.7. The number of amides is 2. The van der Waals surface area contributed by atoms with Gasteiger partial charge in [-0.05, 0) is 43.4 Å². The molecule has 1 unspecified atom stereocenters. The van der Waals surface area contributed by atoms with E-state index in [0.29, 0.717) is 23.6 Å². The first-order valence-corrected chi connectivity index (χ1v) is 8.46. The fraction of sp³-hybridized carbons (Fsp3) is 0.556. The van der Waals surface area contributed by atoms with Crippen LogP contribution in [0.15, 0.2) is 24.3 Å². The fourth-order valence-corrected chi connectivity index (χ4v) is 2.95. The Kier molecular flexibility index (Phi) is 6.59. The average Bonchev–Trinajstić information content (AvgIpc) is 3.12. The second-order valence-electron chi connectivity index (χ2n) is 6.16. The van der Waals surface area contributed by atoms with Gasteiger partial charge in [0.1, 0.15) is 0 Å². The molecule has 1 aliphatic carbocycles. The first kappa shape index (κ1) is 17.5. The van der Waals surface area contributed by atoms with E-state index in [0.717, 1.165) is 32.1 Å². The molecule has 2 amide bonds. The molecule has 0 aromatic heterocycles. The molecule has 1 aromatic rings. The predicted octanol–water partition coefficient (Wildman–Crippen LogP) is 2.11. The van der Waals surface area contributed by atoms with E-state index < -0.39 is 6.10 Å². The molecule has 5 nitrogen and oxygen atoms in total. The summed E-state index contributed by atoms with van der Waals surface area (Å²) >= 11 is 0. The zero-order valence-electron chi connectivity index (χ0n) is 13.7. The lowest BCUT2D eigenvalue weighted by Gasteiger charge is -2.18. The van der Waals surface area contributed by atoms with Crippen LogP contribution in [0.3, 0.4) is 0 Å². The number of aliphatic hydroxyl groups excluding tert-OH is 1. The summed E-state index contributed by atoms with van der Waals surface area (Å²) in [5, 5.41) is 15.7. The molecule has 0 aliphatic heterocycles. The first-order chi connectivity index (χ1) is 11.1. The summed E-state index contributed by atoms with van der Waals surface area (Å²) in [6.07, 6.45) is 4.76. The van der Waals surface area contributed by atoms with E-state index in [9.17, 15) is 14.7 Å². The highest BCUT2D eigenvalue weighted by Gasteiger charge is 2.23. The van der Waals surface area contributed by atoms with E-state index in [4.69, 9.17) is 0 Å². The third-order valence-electron chi connectivity index (χ3n) is 4.34. The summed E-state index contributed by atoms with van der Waals surface area (Å²) in [6.45, 7) is 2.86. The molecule has 1 aromatic carbocycles. The third kappa shape index (κ3) is 5.06. The molecule has 1 aliphatic rings. The topological polar surface area (TPSA) is 78.4 Å². The molecule has 0 radical (unpaired) electrons. The van der Waals surface area contributed by atoms with Gasteiger partial charge in [-0.3, -0.25) is 9.59 Å². The molecule has 0 heterocycles. The van der Waals surface area contributed by atoms with E-state index in [2.05, 4.69) is 10.6 Å². The molecule has 1 fully saturated rings. The maximum atomic E-state index is 12.2. The van der Waals surface area contributed by atoms with Gasteiger partial charge in [-0.25, -0.2) is 0 Å². The van der Waals surface area contributed by atoms with Gasteiger partial charge >= 0.3 is 0 Å². The summed E-state index contributed by atoms with van der Waals surface area (Å²) < 4.78 is 0. The molecule has 0 spiro atoms. The van der Waals surface area contributed by atoms with Gasteiger partial charge in [-0.2, -0.15) is 0 Å². The van der Waals surface area contributed by atoms with Gasteiger partial charge in [-0.15, -0.1) is 0 Å². The predicted molar refractivity (Wildman–Crippen MR) is 89.4 cm³/mol. The van der Waals surface area contributed by atoms with Crippen LogP contribution in [0.25, 0.3) is 0 Å². The zero-order valence-corrected chi connectivity index (χ0v) is 13.7. The van der Waals surface area contributed by atoms with Crippen molar-refractivity contribution >= 4 is 11.8 Å². The number of hydrogen-bond donors (Lipinski definition) is 3. The van der Waals surface area contributed by atoms with Gasteiger partial charge in [0, 0.05) is 24.2 Å². The smallest absolute Gasteiger partial charge is 0.251 e. The van der Waals surface area contributed by atoms with E-state index in [-0.39, 0.29) is 18.4 Å². The van der Waals surface area contributed by atoms with Crippen LogP contribution in [0.4, 0.5) is 0 Å². The molecule has 0 saturated heterocycles. The Balaban J connectivity index is 1.90. The maximum absolute atomic E-state index is 12.2. The van der Waals surface area contributed by atoms with Crippen molar-refractivity contribution in [2.24, 2.45) is 5.92 Å². The van der Waals surface area contributed by atoms with Gasteiger partial charge in [0.15, 0.2) is 0 Å². The lowest BCUT2D eigenvalue weighted by molar-refractivity contribution is 0.0840. The van der Waals surface area contributed by atoms with Crippen LogP contribution in [0.5, 0.6) is 0 Å². The Hall–Kier alpha value is -1.88. The minimum atomic E-state index is -0.488. The Labute approximate surface area is 137 Å². The number of carbonyl (C=O) groups excluding carboxylic acids is 2. The van der Waals surface area contributed by atoms with Crippen molar-refractivity contribution in [3.63, 3.8) is 0 Å². The quantitative estimate of drug-likeness (QED) is 0.720. The summed E-state index contributed by atoms with van der Waals surface area (Å²) in [6, 6.07) is 6.65. The van der Waals surface area contributed by atoms with Crippen LogP contribution >= 0.6 is 0 Å². The molecule has 0 bridgehead atoms. The fourth-order valence-electron chi connectivity index (χ4n) is 2.95. The number of aliphatic hydroxyl groups is 1. The molecule has 5 heteroatoms.